The van der Waals surface area contributed by atoms with Crippen molar-refractivity contribution in [1.82, 2.24) is 5.32 Å². The zero-order valence-corrected chi connectivity index (χ0v) is 10.6. The Morgan fingerprint density at radius 1 is 1.33 bits per heavy atom. The highest BCUT2D eigenvalue weighted by molar-refractivity contribution is 5.37. The number of benzene rings is 1. The minimum atomic E-state index is 0.0988. The van der Waals surface area contributed by atoms with Crippen LogP contribution in [0.3, 0.4) is 0 Å². The number of fused-ring (bicyclic) bond motifs is 1. The topological polar surface area (TPSA) is 50.7 Å². The number of para-hydroxylation sites is 1. The summed E-state index contributed by atoms with van der Waals surface area (Å²) in [5.41, 5.74) is 1.30. The molecule has 4 nitrogen and oxygen atoms in total. The van der Waals surface area contributed by atoms with Gasteiger partial charge in [-0.1, -0.05) is 18.2 Å². The van der Waals surface area contributed by atoms with Gasteiger partial charge in [0.15, 0.2) is 0 Å². The van der Waals surface area contributed by atoms with Crippen molar-refractivity contribution in [2.24, 2.45) is 0 Å². The number of rotatable bonds is 8. The van der Waals surface area contributed by atoms with Gasteiger partial charge in [0, 0.05) is 19.6 Å². The van der Waals surface area contributed by atoms with E-state index in [0.717, 1.165) is 31.7 Å². The van der Waals surface area contributed by atoms with Crippen molar-refractivity contribution < 1.29 is 14.6 Å². The van der Waals surface area contributed by atoms with E-state index in [1.54, 1.807) is 0 Å². The summed E-state index contributed by atoms with van der Waals surface area (Å²) in [5.74, 6) is 1.02. The predicted molar refractivity (Wildman–Crippen MR) is 70.0 cm³/mol. The number of aliphatic hydroxyl groups is 1. The molecule has 0 radical (unpaired) electrons. The second kappa shape index (κ2) is 7.36. The third-order valence-electron chi connectivity index (χ3n) is 2.96. The third-order valence-corrected chi connectivity index (χ3v) is 2.96. The molecule has 0 fully saturated rings. The molecule has 0 bridgehead atoms. The SMILES string of the molecule is OCCOCCCNCC1Cc2ccccc2O1. The Kier molecular flexibility index (Phi) is 5.45. The summed E-state index contributed by atoms with van der Waals surface area (Å²) in [5, 5.41) is 11.9. The zero-order valence-electron chi connectivity index (χ0n) is 10.6. The highest BCUT2D eigenvalue weighted by Crippen LogP contribution is 2.27. The molecule has 18 heavy (non-hydrogen) atoms. The van der Waals surface area contributed by atoms with Gasteiger partial charge in [0.05, 0.1) is 13.2 Å². The van der Waals surface area contributed by atoms with Crippen LogP contribution in [0, 0.1) is 0 Å². The van der Waals surface area contributed by atoms with E-state index < -0.39 is 0 Å². The van der Waals surface area contributed by atoms with E-state index in [2.05, 4.69) is 17.4 Å². The zero-order chi connectivity index (χ0) is 12.6. The number of ether oxygens (including phenoxy) is 2. The van der Waals surface area contributed by atoms with Crippen LogP contribution in [0.2, 0.25) is 0 Å². The summed E-state index contributed by atoms with van der Waals surface area (Å²) in [6.07, 6.45) is 2.20. The molecule has 100 valence electrons. The molecule has 1 heterocycles. The summed E-state index contributed by atoms with van der Waals surface area (Å²) in [6, 6.07) is 8.21. The Hall–Kier alpha value is -1.10. The van der Waals surface area contributed by atoms with Crippen LogP contribution in [0.4, 0.5) is 0 Å². The van der Waals surface area contributed by atoms with Crippen LogP contribution in [0.1, 0.15) is 12.0 Å². The van der Waals surface area contributed by atoms with E-state index in [1.165, 1.54) is 5.56 Å². The van der Waals surface area contributed by atoms with E-state index in [0.29, 0.717) is 13.2 Å². The molecule has 1 atom stereocenters. The molecule has 2 rings (SSSR count). The molecule has 1 aromatic rings. The molecule has 4 heteroatoms. The van der Waals surface area contributed by atoms with Crippen molar-refractivity contribution in [3.63, 3.8) is 0 Å². The van der Waals surface area contributed by atoms with Crippen LogP contribution >= 0.6 is 0 Å². The molecule has 0 saturated carbocycles. The summed E-state index contributed by atoms with van der Waals surface area (Å²) in [7, 11) is 0. The molecular weight excluding hydrogens is 230 g/mol. The van der Waals surface area contributed by atoms with E-state index in [4.69, 9.17) is 14.6 Å². The van der Waals surface area contributed by atoms with Crippen LogP contribution in [0.25, 0.3) is 0 Å². The lowest BCUT2D eigenvalue weighted by atomic mass is 10.1. The molecule has 1 aliphatic heterocycles. The Morgan fingerprint density at radius 3 is 3.06 bits per heavy atom. The van der Waals surface area contributed by atoms with Crippen molar-refractivity contribution in [2.75, 3.05) is 32.9 Å². The number of hydrogen-bond acceptors (Lipinski definition) is 4. The lowest BCUT2D eigenvalue weighted by molar-refractivity contribution is 0.0903. The van der Waals surface area contributed by atoms with Gasteiger partial charge >= 0.3 is 0 Å². The number of hydrogen-bond donors (Lipinski definition) is 2. The fourth-order valence-electron chi connectivity index (χ4n) is 2.10. The minimum Gasteiger partial charge on any atom is -0.488 e. The summed E-state index contributed by atoms with van der Waals surface area (Å²) >= 11 is 0. The van der Waals surface area contributed by atoms with Crippen LogP contribution in [0.15, 0.2) is 24.3 Å². The molecule has 1 aromatic carbocycles. The first-order chi connectivity index (χ1) is 8.90. The summed E-state index contributed by atoms with van der Waals surface area (Å²) in [4.78, 5) is 0. The Bertz CT molecular complexity index is 332. The van der Waals surface area contributed by atoms with E-state index in [9.17, 15) is 0 Å². The van der Waals surface area contributed by atoms with Gasteiger partial charge in [-0.25, -0.2) is 0 Å². The van der Waals surface area contributed by atoms with Crippen molar-refractivity contribution in [2.45, 2.75) is 18.9 Å². The lowest BCUT2D eigenvalue weighted by Gasteiger charge is -2.11. The first-order valence-corrected chi connectivity index (χ1v) is 6.54. The molecule has 0 saturated heterocycles. The Balaban J connectivity index is 1.54. The first-order valence-electron chi connectivity index (χ1n) is 6.54. The highest BCUT2D eigenvalue weighted by Gasteiger charge is 2.21. The lowest BCUT2D eigenvalue weighted by Crippen LogP contribution is -2.31. The minimum absolute atomic E-state index is 0.0988. The molecule has 0 aliphatic carbocycles. The first kappa shape index (κ1) is 13.3. The van der Waals surface area contributed by atoms with Gasteiger partial charge in [-0.05, 0) is 24.6 Å². The monoisotopic (exact) mass is 251 g/mol. The van der Waals surface area contributed by atoms with Crippen molar-refractivity contribution in [3.8, 4) is 5.75 Å². The van der Waals surface area contributed by atoms with Crippen molar-refractivity contribution in [3.05, 3.63) is 29.8 Å². The van der Waals surface area contributed by atoms with Crippen LogP contribution in [-0.4, -0.2) is 44.1 Å². The van der Waals surface area contributed by atoms with Crippen LogP contribution in [-0.2, 0) is 11.2 Å². The summed E-state index contributed by atoms with van der Waals surface area (Å²) in [6.45, 7) is 3.01. The normalized spacial score (nSPS) is 17.5. The molecule has 0 aromatic heterocycles. The Morgan fingerprint density at radius 2 is 2.22 bits per heavy atom. The average molecular weight is 251 g/mol. The maximum Gasteiger partial charge on any atom is 0.123 e. The van der Waals surface area contributed by atoms with E-state index in [1.807, 2.05) is 12.1 Å². The van der Waals surface area contributed by atoms with E-state index >= 15 is 0 Å². The fourth-order valence-corrected chi connectivity index (χ4v) is 2.10. The second-order valence-electron chi connectivity index (χ2n) is 4.45. The van der Waals surface area contributed by atoms with E-state index in [-0.39, 0.29) is 12.7 Å². The van der Waals surface area contributed by atoms with Gasteiger partial charge in [-0.15, -0.1) is 0 Å². The Labute approximate surface area is 108 Å². The van der Waals surface area contributed by atoms with Gasteiger partial charge in [-0.3, -0.25) is 0 Å². The number of aliphatic hydroxyl groups excluding tert-OH is 1. The standard InChI is InChI=1S/C14H21NO3/c16-7-9-17-8-3-6-15-11-13-10-12-4-1-2-5-14(12)18-13/h1-2,4-5,13,15-16H,3,6-11H2. The summed E-state index contributed by atoms with van der Waals surface area (Å²) < 4.78 is 11.0. The maximum atomic E-state index is 8.54. The quantitative estimate of drug-likeness (QED) is 0.676. The second-order valence-corrected chi connectivity index (χ2v) is 4.45. The largest absolute Gasteiger partial charge is 0.488 e. The molecule has 0 spiro atoms. The van der Waals surface area contributed by atoms with Gasteiger partial charge in [-0.2, -0.15) is 0 Å². The van der Waals surface area contributed by atoms with Gasteiger partial charge < -0.3 is 19.9 Å². The molecule has 1 unspecified atom stereocenters. The van der Waals surface area contributed by atoms with Crippen molar-refractivity contribution >= 4 is 0 Å². The van der Waals surface area contributed by atoms with Gasteiger partial charge in [0.2, 0.25) is 0 Å². The van der Waals surface area contributed by atoms with Crippen LogP contribution < -0.4 is 10.1 Å². The molecule has 2 N–H and O–H groups in total. The smallest absolute Gasteiger partial charge is 0.123 e. The van der Waals surface area contributed by atoms with Crippen molar-refractivity contribution in [1.29, 1.82) is 0 Å². The highest BCUT2D eigenvalue weighted by atomic mass is 16.5. The number of nitrogens with one attached hydrogen (secondary N) is 1. The molecular formula is C14H21NO3. The van der Waals surface area contributed by atoms with Gasteiger partial charge in [0.1, 0.15) is 11.9 Å². The van der Waals surface area contributed by atoms with Crippen LogP contribution in [0.5, 0.6) is 5.75 Å². The predicted octanol–water partition coefficient (Wildman–Crippen LogP) is 0.979. The maximum absolute atomic E-state index is 8.54. The third kappa shape index (κ3) is 3.98. The fraction of sp³-hybridized carbons (Fsp3) is 0.571. The molecule has 0 amide bonds. The molecule has 1 aliphatic rings. The average Bonchev–Trinajstić information content (AvgIpc) is 2.80. The van der Waals surface area contributed by atoms with Gasteiger partial charge in [0.25, 0.3) is 0 Å².